The SMILES string of the molecule is O=C(O)c1nccn1CCc1cccc(Cl)c1. The lowest BCUT2D eigenvalue weighted by Gasteiger charge is -2.05. The molecular formula is C12H11ClN2O2. The molecule has 17 heavy (non-hydrogen) atoms. The molecule has 0 saturated heterocycles. The lowest BCUT2D eigenvalue weighted by molar-refractivity contribution is 0.0678. The molecule has 0 spiro atoms. The second-order valence-corrected chi connectivity index (χ2v) is 4.07. The lowest BCUT2D eigenvalue weighted by atomic mass is 10.1. The highest BCUT2D eigenvalue weighted by molar-refractivity contribution is 6.30. The molecule has 0 saturated carbocycles. The summed E-state index contributed by atoms with van der Waals surface area (Å²) in [5, 5.41) is 9.58. The van der Waals surface area contributed by atoms with Crippen LogP contribution in [0.3, 0.4) is 0 Å². The predicted molar refractivity (Wildman–Crippen MR) is 64.3 cm³/mol. The first-order chi connectivity index (χ1) is 8.16. The summed E-state index contributed by atoms with van der Waals surface area (Å²) in [5.41, 5.74) is 1.07. The van der Waals surface area contributed by atoms with E-state index in [9.17, 15) is 4.79 Å². The van der Waals surface area contributed by atoms with Gasteiger partial charge in [0.25, 0.3) is 0 Å². The van der Waals surface area contributed by atoms with Gasteiger partial charge in [-0.1, -0.05) is 23.7 Å². The minimum Gasteiger partial charge on any atom is -0.475 e. The zero-order chi connectivity index (χ0) is 12.3. The molecule has 0 aliphatic rings. The quantitative estimate of drug-likeness (QED) is 0.907. The molecule has 1 N–H and O–H groups in total. The second-order valence-electron chi connectivity index (χ2n) is 3.63. The van der Waals surface area contributed by atoms with Crippen molar-refractivity contribution in [1.82, 2.24) is 9.55 Å². The Hall–Kier alpha value is -1.81. The Morgan fingerprint density at radius 2 is 2.29 bits per heavy atom. The first kappa shape index (κ1) is 11.7. The van der Waals surface area contributed by atoms with E-state index in [0.717, 1.165) is 12.0 Å². The van der Waals surface area contributed by atoms with Crippen molar-refractivity contribution in [2.45, 2.75) is 13.0 Å². The highest BCUT2D eigenvalue weighted by atomic mass is 35.5. The average molecular weight is 251 g/mol. The van der Waals surface area contributed by atoms with Crippen LogP contribution < -0.4 is 0 Å². The van der Waals surface area contributed by atoms with Gasteiger partial charge in [-0.3, -0.25) is 0 Å². The van der Waals surface area contributed by atoms with E-state index in [2.05, 4.69) is 4.98 Å². The van der Waals surface area contributed by atoms with E-state index in [-0.39, 0.29) is 5.82 Å². The Kier molecular flexibility index (Phi) is 3.44. The number of aromatic carboxylic acids is 1. The van der Waals surface area contributed by atoms with Gasteiger partial charge in [-0.05, 0) is 24.1 Å². The zero-order valence-corrected chi connectivity index (χ0v) is 9.76. The summed E-state index contributed by atoms with van der Waals surface area (Å²) in [4.78, 5) is 14.6. The highest BCUT2D eigenvalue weighted by Gasteiger charge is 2.10. The van der Waals surface area contributed by atoms with Crippen LogP contribution in [0.4, 0.5) is 0 Å². The number of aromatic nitrogens is 2. The Bertz CT molecular complexity index is 537. The van der Waals surface area contributed by atoms with Crippen molar-refractivity contribution in [1.29, 1.82) is 0 Å². The fourth-order valence-electron chi connectivity index (χ4n) is 1.63. The maximum atomic E-state index is 10.8. The topological polar surface area (TPSA) is 55.1 Å². The molecule has 1 heterocycles. The van der Waals surface area contributed by atoms with E-state index >= 15 is 0 Å². The molecule has 0 fully saturated rings. The third-order valence-corrected chi connectivity index (χ3v) is 2.67. The summed E-state index contributed by atoms with van der Waals surface area (Å²) in [5.74, 6) is -0.951. The van der Waals surface area contributed by atoms with E-state index in [4.69, 9.17) is 16.7 Å². The third kappa shape index (κ3) is 2.85. The number of hydrogen-bond donors (Lipinski definition) is 1. The molecule has 2 rings (SSSR count). The molecule has 1 aromatic carbocycles. The van der Waals surface area contributed by atoms with Gasteiger partial charge in [0.05, 0.1) is 0 Å². The normalized spacial score (nSPS) is 10.4. The standard InChI is InChI=1S/C12H11ClN2O2/c13-10-3-1-2-9(8-10)4-6-15-7-5-14-11(15)12(16)17/h1-3,5,7-8H,4,6H2,(H,16,17). The van der Waals surface area contributed by atoms with Crippen molar-refractivity contribution in [3.8, 4) is 0 Å². The first-order valence-electron chi connectivity index (χ1n) is 5.15. The number of aryl methyl sites for hydroxylation is 2. The molecule has 0 bridgehead atoms. The molecule has 0 aliphatic heterocycles. The maximum absolute atomic E-state index is 10.8. The van der Waals surface area contributed by atoms with Gasteiger partial charge in [-0.2, -0.15) is 0 Å². The van der Waals surface area contributed by atoms with Crippen molar-refractivity contribution >= 4 is 17.6 Å². The molecule has 0 unspecified atom stereocenters. The number of benzene rings is 1. The average Bonchev–Trinajstić information content (AvgIpc) is 2.74. The smallest absolute Gasteiger partial charge is 0.372 e. The van der Waals surface area contributed by atoms with Gasteiger partial charge in [-0.15, -0.1) is 0 Å². The van der Waals surface area contributed by atoms with Crippen molar-refractivity contribution in [2.24, 2.45) is 0 Å². The fourth-order valence-corrected chi connectivity index (χ4v) is 1.84. The number of nitrogens with zero attached hydrogens (tertiary/aromatic N) is 2. The van der Waals surface area contributed by atoms with Crippen molar-refractivity contribution in [3.05, 3.63) is 53.1 Å². The van der Waals surface area contributed by atoms with Crippen LogP contribution in [0.25, 0.3) is 0 Å². The van der Waals surface area contributed by atoms with Crippen LogP contribution >= 0.6 is 11.6 Å². The molecule has 5 heteroatoms. The third-order valence-electron chi connectivity index (χ3n) is 2.44. The van der Waals surface area contributed by atoms with E-state index in [1.165, 1.54) is 6.20 Å². The maximum Gasteiger partial charge on any atom is 0.372 e. The lowest BCUT2D eigenvalue weighted by Crippen LogP contribution is -2.10. The van der Waals surface area contributed by atoms with Crippen molar-refractivity contribution in [3.63, 3.8) is 0 Å². The summed E-state index contributed by atoms with van der Waals surface area (Å²) in [6, 6.07) is 7.52. The van der Waals surface area contributed by atoms with Crippen LogP contribution in [-0.4, -0.2) is 20.6 Å². The minimum absolute atomic E-state index is 0.0621. The Morgan fingerprint density at radius 1 is 1.47 bits per heavy atom. The number of hydrogen-bond acceptors (Lipinski definition) is 2. The summed E-state index contributed by atoms with van der Waals surface area (Å²) in [6.45, 7) is 0.571. The molecule has 0 aliphatic carbocycles. The van der Waals surface area contributed by atoms with Crippen molar-refractivity contribution < 1.29 is 9.90 Å². The van der Waals surface area contributed by atoms with Crippen LogP contribution in [0.1, 0.15) is 16.2 Å². The van der Waals surface area contributed by atoms with Gasteiger partial charge in [0.2, 0.25) is 5.82 Å². The van der Waals surface area contributed by atoms with Gasteiger partial charge in [0, 0.05) is 24.0 Å². The van der Waals surface area contributed by atoms with Gasteiger partial charge >= 0.3 is 5.97 Å². The number of rotatable bonds is 4. The largest absolute Gasteiger partial charge is 0.475 e. The predicted octanol–water partition coefficient (Wildman–Crippen LogP) is 2.48. The summed E-state index contributed by atoms with van der Waals surface area (Å²) >= 11 is 5.87. The number of halogens is 1. The molecular weight excluding hydrogens is 240 g/mol. The molecule has 1 aromatic heterocycles. The monoisotopic (exact) mass is 250 g/mol. The molecule has 2 aromatic rings. The second kappa shape index (κ2) is 5.01. The van der Waals surface area contributed by atoms with E-state index in [1.54, 1.807) is 10.8 Å². The molecule has 0 amide bonds. The zero-order valence-electron chi connectivity index (χ0n) is 9.01. The number of carboxylic acids is 1. The number of carbonyl (C=O) groups is 1. The number of imidazole rings is 1. The molecule has 0 radical (unpaired) electrons. The van der Waals surface area contributed by atoms with Gasteiger partial charge in [-0.25, -0.2) is 9.78 Å². The Balaban J connectivity index is 2.07. The summed E-state index contributed by atoms with van der Waals surface area (Å²) in [6.07, 6.45) is 3.87. The fraction of sp³-hybridized carbons (Fsp3) is 0.167. The van der Waals surface area contributed by atoms with Gasteiger partial charge in [0.1, 0.15) is 0 Å². The van der Waals surface area contributed by atoms with Crippen LogP contribution in [0.2, 0.25) is 5.02 Å². The summed E-state index contributed by atoms with van der Waals surface area (Å²) < 4.78 is 1.61. The van der Waals surface area contributed by atoms with Crippen molar-refractivity contribution in [2.75, 3.05) is 0 Å². The highest BCUT2D eigenvalue weighted by Crippen LogP contribution is 2.12. The number of carboxylic acid groups (broad SMARTS) is 1. The van der Waals surface area contributed by atoms with Gasteiger partial charge in [0.15, 0.2) is 0 Å². The Morgan fingerprint density at radius 3 is 3.00 bits per heavy atom. The van der Waals surface area contributed by atoms with Gasteiger partial charge < -0.3 is 9.67 Å². The first-order valence-corrected chi connectivity index (χ1v) is 5.53. The van der Waals surface area contributed by atoms with E-state index < -0.39 is 5.97 Å². The minimum atomic E-state index is -1.01. The van der Waals surface area contributed by atoms with Crippen LogP contribution in [-0.2, 0) is 13.0 Å². The Labute approximate surface area is 103 Å². The van der Waals surface area contributed by atoms with Crippen LogP contribution in [0, 0.1) is 0 Å². The van der Waals surface area contributed by atoms with E-state index in [0.29, 0.717) is 11.6 Å². The van der Waals surface area contributed by atoms with Crippen LogP contribution in [0.5, 0.6) is 0 Å². The summed E-state index contributed by atoms with van der Waals surface area (Å²) in [7, 11) is 0. The molecule has 4 nitrogen and oxygen atoms in total. The van der Waals surface area contributed by atoms with E-state index in [1.807, 2.05) is 24.3 Å². The molecule has 0 atom stereocenters. The van der Waals surface area contributed by atoms with Crippen LogP contribution in [0.15, 0.2) is 36.7 Å². The molecule has 88 valence electrons.